The minimum absolute atomic E-state index is 0.0115. The second-order valence-corrected chi connectivity index (χ2v) is 8.45. The van der Waals surface area contributed by atoms with Crippen molar-refractivity contribution in [3.05, 3.63) is 29.3 Å². The molecular formula is C21H29NO2. The number of esters is 1. The highest BCUT2D eigenvalue weighted by Crippen LogP contribution is 2.46. The second kappa shape index (κ2) is 6.18. The predicted octanol–water partition coefficient (Wildman–Crippen LogP) is 4.11. The number of ether oxygens (including phenoxy) is 1. The first-order valence-corrected chi connectivity index (χ1v) is 9.66. The molecule has 2 bridgehead atoms. The standard InChI is InChI=1S/C21H29NO2/c1-21-10-4-2-3-5-16(20(21)22)12-15-8-9-17(13-18(15)21)24-19(23)11-14-6-7-14/h8-9,13-14,16,20H,2-7,10-12,22H2,1H3/t16-,20-,21+/m0/s1. The van der Waals surface area contributed by atoms with Gasteiger partial charge in [0.15, 0.2) is 0 Å². The van der Waals surface area contributed by atoms with Gasteiger partial charge in [0.25, 0.3) is 0 Å². The molecule has 2 N–H and O–H groups in total. The molecule has 130 valence electrons. The number of carbonyl (C=O) groups excluding carboxylic acids is 1. The van der Waals surface area contributed by atoms with Crippen LogP contribution in [-0.2, 0) is 16.6 Å². The number of hydrogen-bond donors (Lipinski definition) is 1. The van der Waals surface area contributed by atoms with Gasteiger partial charge in [-0.1, -0.05) is 32.3 Å². The second-order valence-electron chi connectivity index (χ2n) is 8.45. The summed E-state index contributed by atoms with van der Waals surface area (Å²) in [5.41, 5.74) is 9.47. The molecule has 0 unspecified atom stereocenters. The topological polar surface area (TPSA) is 52.3 Å². The molecule has 3 aliphatic rings. The van der Waals surface area contributed by atoms with Gasteiger partial charge in [0.1, 0.15) is 5.75 Å². The molecule has 0 aliphatic heterocycles. The van der Waals surface area contributed by atoms with E-state index < -0.39 is 0 Å². The van der Waals surface area contributed by atoms with Gasteiger partial charge in [0, 0.05) is 17.9 Å². The number of hydrogen-bond acceptors (Lipinski definition) is 3. The SMILES string of the molecule is C[C@@]12CCCCC[C@@H](Cc3ccc(OC(=O)CC4CC4)cc31)[C@@H]2N. The average Bonchev–Trinajstić information content (AvgIpc) is 3.36. The molecule has 4 rings (SSSR count). The first-order valence-electron chi connectivity index (χ1n) is 9.66. The summed E-state index contributed by atoms with van der Waals surface area (Å²) in [6.45, 7) is 2.32. The van der Waals surface area contributed by atoms with Crippen LogP contribution in [0.3, 0.4) is 0 Å². The third-order valence-electron chi connectivity index (χ3n) is 6.58. The lowest BCUT2D eigenvalue weighted by atomic mass is 9.60. The predicted molar refractivity (Wildman–Crippen MR) is 95.0 cm³/mol. The van der Waals surface area contributed by atoms with E-state index in [9.17, 15) is 4.79 Å². The molecule has 3 nitrogen and oxygen atoms in total. The summed E-state index contributed by atoms with van der Waals surface area (Å²) in [5.74, 6) is 1.77. The average molecular weight is 327 g/mol. The van der Waals surface area contributed by atoms with Crippen LogP contribution in [0.25, 0.3) is 0 Å². The first-order chi connectivity index (χ1) is 11.6. The fourth-order valence-electron chi connectivity index (χ4n) is 4.83. The molecule has 2 fully saturated rings. The van der Waals surface area contributed by atoms with E-state index in [0.29, 0.717) is 24.0 Å². The summed E-state index contributed by atoms with van der Waals surface area (Å²) in [7, 11) is 0. The molecule has 0 saturated heterocycles. The Kier molecular flexibility index (Phi) is 4.16. The van der Waals surface area contributed by atoms with Gasteiger partial charge >= 0.3 is 5.97 Å². The van der Waals surface area contributed by atoms with Crippen molar-refractivity contribution in [3.8, 4) is 5.75 Å². The van der Waals surface area contributed by atoms with Crippen molar-refractivity contribution in [3.63, 3.8) is 0 Å². The lowest BCUT2D eigenvalue weighted by Gasteiger charge is -2.47. The van der Waals surface area contributed by atoms with E-state index in [2.05, 4.69) is 19.1 Å². The Bertz CT molecular complexity index is 637. The van der Waals surface area contributed by atoms with Crippen molar-refractivity contribution >= 4 is 5.97 Å². The van der Waals surface area contributed by atoms with Crippen LogP contribution in [0.4, 0.5) is 0 Å². The molecule has 3 aliphatic carbocycles. The number of fused-ring (bicyclic) bond motifs is 4. The third-order valence-corrected chi connectivity index (χ3v) is 6.58. The highest BCUT2D eigenvalue weighted by Gasteiger charge is 2.43. The van der Waals surface area contributed by atoms with Crippen LogP contribution < -0.4 is 10.5 Å². The number of benzene rings is 1. The fourth-order valence-corrected chi connectivity index (χ4v) is 4.83. The number of rotatable bonds is 3. The Morgan fingerprint density at radius 2 is 2.08 bits per heavy atom. The van der Waals surface area contributed by atoms with Gasteiger partial charge in [-0.25, -0.2) is 0 Å². The number of carbonyl (C=O) groups is 1. The zero-order chi connectivity index (χ0) is 16.7. The van der Waals surface area contributed by atoms with Crippen LogP contribution in [0.5, 0.6) is 5.75 Å². The van der Waals surface area contributed by atoms with E-state index >= 15 is 0 Å². The molecule has 0 heterocycles. The van der Waals surface area contributed by atoms with Gasteiger partial charge in [0.05, 0.1) is 0 Å². The zero-order valence-corrected chi connectivity index (χ0v) is 14.7. The molecule has 1 aromatic carbocycles. The molecule has 0 amide bonds. The van der Waals surface area contributed by atoms with E-state index in [1.54, 1.807) is 0 Å². The van der Waals surface area contributed by atoms with Gasteiger partial charge in [-0.2, -0.15) is 0 Å². The van der Waals surface area contributed by atoms with E-state index in [4.69, 9.17) is 10.5 Å². The van der Waals surface area contributed by atoms with E-state index in [1.807, 2.05) is 6.07 Å². The fraction of sp³-hybridized carbons (Fsp3) is 0.667. The maximum Gasteiger partial charge on any atom is 0.311 e. The van der Waals surface area contributed by atoms with E-state index in [1.165, 1.54) is 49.7 Å². The summed E-state index contributed by atoms with van der Waals surface area (Å²) in [6, 6.07) is 6.47. The van der Waals surface area contributed by atoms with Crippen molar-refractivity contribution in [2.45, 2.75) is 76.2 Å². The molecule has 24 heavy (non-hydrogen) atoms. The van der Waals surface area contributed by atoms with Gasteiger partial charge in [0.2, 0.25) is 0 Å². The normalized spacial score (nSPS) is 32.4. The molecule has 3 atom stereocenters. The van der Waals surface area contributed by atoms with Crippen molar-refractivity contribution < 1.29 is 9.53 Å². The Labute approximate surface area is 145 Å². The van der Waals surface area contributed by atoms with Crippen molar-refractivity contribution in [1.82, 2.24) is 0 Å². The largest absolute Gasteiger partial charge is 0.427 e. The molecular weight excluding hydrogens is 298 g/mol. The maximum atomic E-state index is 12.0. The smallest absolute Gasteiger partial charge is 0.311 e. The van der Waals surface area contributed by atoms with E-state index in [0.717, 1.165) is 12.8 Å². The zero-order valence-electron chi connectivity index (χ0n) is 14.7. The molecule has 0 radical (unpaired) electrons. The Morgan fingerprint density at radius 1 is 1.25 bits per heavy atom. The maximum absolute atomic E-state index is 12.0. The summed E-state index contributed by atoms with van der Waals surface area (Å²) >= 11 is 0. The molecule has 2 saturated carbocycles. The van der Waals surface area contributed by atoms with Gasteiger partial charge in [-0.05, 0) is 67.2 Å². The lowest BCUT2D eigenvalue weighted by molar-refractivity contribution is -0.134. The summed E-state index contributed by atoms with van der Waals surface area (Å²) in [4.78, 5) is 12.0. The Hall–Kier alpha value is -1.35. The molecule has 0 spiro atoms. The van der Waals surface area contributed by atoms with Crippen molar-refractivity contribution in [2.24, 2.45) is 17.6 Å². The molecule has 1 aromatic rings. The van der Waals surface area contributed by atoms with Crippen LogP contribution >= 0.6 is 0 Å². The van der Waals surface area contributed by atoms with Crippen molar-refractivity contribution in [1.29, 1.82) is 0 Å². The number of nitrogens with two attached hydrogens (primary N) is 1. The molecule has 0 aromatic heterocycles. The van der Waals surface area contributed by atoms with Crippen LogP contribution in [0, 0.1) is 11.8 Å². The minimum Gasteiger partial charge on any atom is -0.427 e. The van der Waals surface area contributed by atoms with E-state index in [-0.39, 0.29) is 17.4 Å². The van der Waals surface area contributed by atoms with Crippen molar-refractivity contribution in [2.75, 3.05) is 0 Å². The summed E-state index contributed by atoms with van der Waals surface area (Å²) < 4.78 is 5.63. The van der Waals surface area contributed by atoms with Crippen LogP contribution in [0.2, 0.25) is 0 Å². The van der Waals surface area contributed by atoms with Crippen LogP contribution in [-0.4, -0.2) is 12.0 Å². The monoisotopic (exact) mass is 327 g/mol. The van der Waals surface area contributed by atoms with Gasteiger partial charge in [-0.3, -0.25) is 4.79 Å². The van der Waals surface area contributed by atoms with Gasteiger partial charge in [-0.15, -0.1) is 0 Å². The molecule has 3 heteroatoms. The third kappa shape index (κ3) is 2.99. The lowest BCUT2D eigenvalue weighted by Crippen LogP contribution is -2.52. The van der Waals surface area contributed by atoms with Crippen LogP contribution in [0.15, 0.2) is 18.2 Å². The highest BCUT2D eigenvalue weighted by molar-refractivity contribution is 5.73. The van der Waals surface area contributed by atoms with Crippen LogP contribution in [0.1, 0.15) is 69.4 Å². The highest BCUT2D eigenvalue weighted by atomic mass is 16.5. The first kappa shape index (κ1) is 16.1. The Morgan fingerprint density at radius 3 is 2.88 bits per heavy atom. The summed E-state index contributed by atoms with van der Waals surface area (Å²) in [6.07, 6.45) is 10.2. The minimum atomic E-state index is -0.0850. The Balaban J connectivity index is 1.62. The quantitative estimate of drug-likeness (QED) is 0.671. The summed E-state index contributed by atoms with van der Waals surface area (Å²) in [5, 5.41) is 0. The van der Waals surface area contributed by atoms with Gasteiger partial charge < -0.3 is 10.5 Å².